The fourth-order valence-corrected chi connectivity index (χ4v) is 2.35. The van der Waals surface area contributed by atoms with Crippen LogP contribution in [-0.2, 0) is 14.3 Å². The summed E-state index contributed by atoms with van der Waals surface area (Å²) in [4.78, 5) is 11.9. The Bertz CT molecular complexity index is 293. The lowest BCUT2D eigenvalue weighted by molar-refractivity contribution is -0.144. The van der Waals surface area contributed by atoms with Crippen molar-refractivity contribution in [3.63, 3.8) is 0 Å². The van der Waals surface area contributed by atoms with Gasteiger partial charge in [0.05, 0.1) is 12.1 Å². The standard InChI is InChI=1S/C11H20N2O3/c1-11(2,15-3)10(14)13-8-7(12)6-4-5-16-9(6)8/h6-9H,4-5,12H2,1-3H3,(H,13,14). The maximum absolute atomic E-state index is 11.9. The van der Waals surface area contributed by atoms with Gasteiger partial charge in [0, 0.05) is 25.7 Å². The molecular weight excluding hydrogens is 208 g/mol. The summed E-state index contributed by atoms with van der Waals surface area (Å²) in [7, 11) is 1.52. The average Bonchev–Trinajstić information content (AvgIpc) is 2.69. The Kier molecular flexibility index (Phi) is 2.94. The van der Waals surface area contributed by atoms with Crippen molar-refractivity contribution in [1.29, 1.82) is 0 Å². The predicted octanol–water partition coefficient (Wildman–Crippen LogP) is -0.358. The lowest BCUT2D eigenvalue weighted by atomic mass is 9.72. The number of amides is 1. The lowest BCUT2D eigenvalue weighted by Gasteiger charge is -2.46. The molecule has 5 heteroatoms. The van der Waals surface area contributed by atoms with E-state index in [2.05, 4.69) is 5.32 Å². The van der Waals surface area contributed by atoms with Crippen molar-refractivity contribution < 1.29 is 14.3 Å². The van der Waals surface area contributed by atoms with Crippen molar-refractivity contribution in [2.24, 2.45) is 11.7 Å². The first kappa shape index (κ1) is 11.8. The van der Waals surface area contributed by atoms with Gasteiger partial charge in [0.15, 0.2) is 0 Å². The van der Waals surface area contributed by atoms with E-state index in [-0.39, 0.29) is 24.1 Å². The smallest absolute Gasteiger partial charge is 0.252 e. The summed E-state index contributed by atoms with van der Waals surface area (Å²) < 4.78 is 10.7. The van der Waals surface area contributed by atoms with Crippen LogP contribution >= 0.6 is 0 Å². The van der Waals surface area contributed by atoms with Gasteiger partial charge in [-0.25, -0.2) is 0 Å². The Morgan fingerprint density at radius 1 is 1.56 bits per heavy atom. The number of rotatable bonds is 3. The predicted molar refractivity (Wildman–Crippen MR) is 58.8 cm³/mol. The summed E-state index contributed by atoms with van der Waals surface area (Å²) in [6, 6.07) is -0.0430. The first-order valence-electron chi connectivity index (χ1n) is 5.70. The molecule has 1 amide bonds. The molecule has 16 heavy (non-hydrogen) atoms. The third kappa shape index (κ3) is 1.73. The fourth-order valence-electron chi connectivity index (χ4n) is 2.35. The minimum atomic E-state index is -0.816. The number of nitrogens with two attached hydrogens (primary N) is 1. The zero-order chi connectivity index (χ0) is 11.9. The average molecular weight is 228 g/mol. The highest BCUT2D eigenvalue weighted by molar-refractivity contribution is 5.84. The zero-order valence-corrected chi connectivity index (χ0v) is 10.0. The molecule has 0 radical (unpaired) electrons. The normalized spacial score (nSPS) is 37.8. The molecule has 1 heterocycles. The van der Waals surface area contributed by atoms with E-state index >= 15 is 0 Å². The number of nitrogens with one attached hydrogen (secondary N) is 1. The van der Waals surface area contributed by atoms with Gasteiger partial charge in [0.25, 0.3) is 5.91 Å². The van der Waals surface area contributed by atoms with E-state index < -0.39 is 5.60 Å². The molecule has 4 atom stereocenters. The summed E-state index contributed by atoms with van der Waals surface area (Å²) in [5.41, 5.74) is 5.19. The van der Waals surface area contributed by atoms with Crippen molar-refractivity contribution in [2.75, 3.05) is 13.7 Å². The van der Waals surface area contributed by atoms with Crippen LogP contribution in [0.25, 0.3) is 0 Å². The van der Waals surface area contributed by atoms with Gasteiger partial charge in [-0.1, -0.05) is 0 Å². The summed E-state index contributed by atoms with van der Waals surface area (Å²) in [5.74, 6) is 0.278. The molecule has 0 spiro atoms. The van der Waals surface area contributed by atoms with Crippen molar-refractivity contribution >= 4 is 5.91 Å². The molecule has 0 aromatic rings. The van der Waals surface area contributed by atoms with E-state index in [4.69, 9.17) is 15.2 Å². The lowest BCUT2D eigenvalue weighted by Crippen LogP contribution is -2.70. The van der Waals surface area contributed by atoms with Gasteiger partial charge < -0.3 is 20.5 Å². The number of hydrogen-bond donors (Lipinski definition) is 2. The van der Waals surface area contributed by atoms with Crippen LogP contribution in [0.15, 0.2) is 0 Å². The van der Waals surface area contributed by atoms with E-state index in [1.54, 1.807) is 13.8 Å². The molecular formula is C11H20N2O3. The number of fused-ring (bicyclic) bond motifs is 1. The van der Waals surface area contributed by atoms with Crippen molar-refractivity contribution in [3.05, 3.63) is 0 Å². The van der Waals surface area contributed by atoms with Crippen molar-refractivity contribution in [1.82, 2.24) is 5.32 Å². The first-order valence-corrected chi connectivity index (χ1v) is 5.70. The molecule has 0 aromatic carbocycles. The number of carbonyl (C=O) groups excluding carboxylic acids is 1. The number of methoxy groups -OCH3 is 1. The maximum atomic E-state index is 11.9. The molecule has 1 aliphatic carbocycles. The molecule has 2 aliphatic rings. The topological polar surface area (TPSA) is 73.6 Å². The second-order valence-corrected chi connectivity index (χ2v) is 5.08. The second-order valence-electron chi connectivity index (χ2n) is 5.08. The Labute approximate surface area is 95.7 Å². The van der Waals surface area contributed by atoms with Crippen LogP contribution in [0.2, 0.25) is 0 Å². The number of ether oxygens (including phenoxy) is 2. The summed E-state index contributed by atoms with van der Waals surface area (Å²) in [5, 5.41) is 2.91. The van der Waals surface area contributed by atoms with Gasteiger partial charge in [-0.05, 0) is 20.3 Å². The Balaban J connectivity index is 1.93. The molecule has 4 unspecified atom stereocenters. The fraction of sp³-hybridized carbons (Fsp3) is 0.909. The van der Waals surface area contributed by atoms with Gasteiger partial charge in [-0.2, -0.15) is 0 Å². The van der Waals surface area contributed by atoms with Crippen molar-refractivity contribution in [2.45, 2.75) is 44.1 Å². The monoisotopic (exact) mass is 228 g/mol. The quantitative estimate of drug-likeness (QED) is 0.692. The number of hydrogen-bond acceptors (Lipinski definition) is 4. The van der Waals surface area contributed by atoms with Gasteiger partial charge in [-0.3, -0.25) is 4.79 Å². The largest absolute Gasteiger partial charge is 0.376 e. The van der Waals surface area contributed by atoms with Crippen LogP contribution in [0.3, 0.4) is 0 Å². The minimum Gasteiger partial charge on any atom is -0.376 e. The highest BCUT2D eigenvalue weighted by Crippen LogP contribution is 2.37. The van der Waals surface area contributed by atoms with Gasteiger partial charge >= 0.3 is 0 Å². The zero-order valence-electron chi connectivity index (χ0n) is 10.0. The molecule has 1 saturated heterocycles. The highest BCUT2D eigenvalue weighted by atomic mass is 16.5. The highest BCUT2D eigenvalue weighted by Gasteiger charge is 2.53. The van der Waals surface area contributed by atoms with Crippen molar-refractivity contribution in [3.8, 4) is 0 Å². The molecule has 3 N–H and O–H groups in total. The van der Waals surface area contributed by atoms with Crippen LogP contribution in [0.1, 0.15) is 20.3 Å². The molecule has 5 nitrogen and oxygen atoms in total. The summed E-state index contributed by atoms with van der Waals surface area (Å²) in [6.07, 6.45) is 1.11. The summed E-state index contributed by atoms with van der Waals surface area (Å²) >= 11 is 0. The van der Waals surface area contributed by atoms with Crippen LogP contribution in [0.5, 0.6) is 0 Å². The van der Waals surface area contributed by atoms with E-state index in [1.165, 1.54) is 7.11 Å². The van der Waals surface area contributed by atoms with Crippen LogP contribution < -0.4 is 11.1 Å². The molecule has 0 bridgehead atoms. The number of carbonyl (C=O) groups is 1. The van der Waals surface area contributed by atoms with Crippen LogP contribution in [0, 0.1) is 5.92 Å². The molecule has 1 saturated carbocycles. The third-order valence-electron chi connectivity index (χ3n) is 3.80. The van der Waals surface area contributed by atoms with Gasteiger partial charge in [0.2, 0.25) is 0 Å². The second kappa shape index (κ2) is 3.98. The first-order chi connectivity index (χ1) is 7.47. The van der Waals surface area contributed by atoms with E-state index in [1.807, 2.05) is 0 Å². The molecule has 2 fully saturated rings. The Morgan fingerprint density at radius 2 is 2.25 bits per heavy atom. The molecule has 0 aromatic heterocycles. The Hall–Kier alpha value is -0.650. The SMILES string of the molecule is COC(C)(C)C(=O)NC1C(N)C2CCOC21. The van der Waals surface area contributed by atoms with E-state index in [0.717, 1.165) is 13.0 Å². The molecule has 2 rings (SSSR count). The molecule has 92 valence electrons. The van der Waals surface area contributed by atoms with Crippen LogP contribution in [0.4, 0.5) is 0 Å². The van der Waals surface area contributed by atoms with Gasteiger partial charge in [-0.15, -0.1) is 0 Å². The minimum absolute atomic E-state index is 0.0177. The van der Waals surface area contributed by atoms with E-state index in [0.29, 0.717) is 5.92 Å². The third-order valence-corrected chi connectivity index (χ3v) is 3.80. The summed E-state index contributed by atoms with van der Waals surface area (Å²) in [6.45, 7) is 4.22. The van der Waals surface area contributed by atoms with E-state index in [9.17, 15) is 4.79 Å². The molecule has 1 aliphatic heterocycles. The maximum Gasteiger partial charge on any atom is 0.252 e. The Morgan fingerprint density at radius 3 is 2.88 bits per heavy atom. The van der Waals surface area contributed by atoms with Crippen LogP contribution in [-0.4, -0.2) is 43.4 Å². The van der Waals surface area contributed by atoms with Gasteiger partial charge in [0.1, 0.15) is 5.60 Å².